The van der Waals surface area contributed by atoms with Crippen molar-refractivity contribution in [1.29, 1.82) is 0 Å². The summed E-state index contributed by atoms with van der Waals surface area (Å²) in [6.07, 6.45) is 4.44. The zero-order valence-corrected chi connectivity index (χ0v) is 18.9. The summed E-state index contributed by atoms with van der Waals surface area (Å²) in [5, 5.41) is 5.49. The van der Waals surface area contributed by atoms with Crippen molar-refractivity contribution in [2.24, 2.45) is 5.73 Å². The van der Waals surface area contributed by atoms with Gasteiger partial charge in [-0.05, 0) is 47.7 Å². The van der Waals surface area contributed by atoms with Gasteiger partial charge in [-0.2, -0.15) is 13.2 Å². The number of nitrogens with two attached hydrogens (primary N) is 1. The molecule has 0 aliphatic carbocycles. The van der Waals surface area contributed by atoms with Crippen LogP contribution in [0.5, 0.6) is 5.75 Å². The van der Waals surface area contributed by atoms with Crippen LogP contribution in [0.4, 0.5) is 24.8 Å². The topological polar surface area (TPSA) is 105 Å². The Morgan fingerprint density at radius 2 is 2.09 bits per heavy atom. The van der Waals surface area contributed by atoms with Crippen LogP contribution in [0.2, 0.25) is 0 Å². The predicted octanol–water partition coefficient (Wildman–Crippen LogP) is 5.10. The summed E-state index contributed by atoms with van der Waals surface area (Å²) in [7, 11) is 1.47. The first-order valence-electron chi connectivity index (χ1n) is 9.93. The van der Waals surface area contributed by atoms with E-state index >= 15 is 0 Å². The van der Waals surface area contributed by atoms with E-state index in [1.807, 2.05) is 0 Å². The minimum Gasteiger partial charge on any atom is -0.457 e. The molecule has 0 saturated carbocycles. The number of benzene rings is 2. The highest BCUT2D eigenvalue weighted by molar-refractivity contribution is 7.99. The first-order chi connectivity index (χ1) is 16.2. The Morgan fingerprint density at radius 1 is 1.29 bits per heavy atom. The highest BCUT2D eigenvalue weighted by atomic mass is 32.2. The van der Waals surface area contributed by atoms with E-state index in [1.54, 1.807) is 48.5 Å². The van der Waals surface area contributed by atoms with E-state index in [9.17, 15) is 18.0 Å². The lowest BCUT2D eigenvalue weighted by Gasteiger charge is -2.08. The molecule has 0 radical (unpaired) electrons. The van der Waals surface area contributed by atoms with Gasteiger partial charge in [0.25, 0.3) is 5.91 Å². The summed E-state index contributed by atoms with van der Waals surface area (Å²) < 4.78 is 43.2. The summed E-state index contributed by atoms with van der Waals surface area (Å²) in [5.74, 6) is 0.557. The number of nitrogens with one attached hydrogen (secondary N) is 3. The Hall–Kier alpha value is -3.86. The van der Waals surface area contributed by atoms with Crippen molar-refractivity contribution in [1.82, 2.24) is 15.3 Å². The summed E-state index contributed by atoms with van der Waals surface area (Å²) >= 11 is -0.0883. The van der Waals surface area contributed by atoms with E-state index in [0.29, 0.717) is 39.7 Å². The number of carbonyl (C=O) groups is 1. The number of halogens is 3. The number of fused-ring (bicyclic) bond motifs is 1. The summed E-state index contributed by atoms with van der Waals surface area (Å²) in [6.45, 7) is 3.63. The zero-order chi connectivity index (χ0) is 24.7. The SMILES string of the molecule is C=C/C=C(\C=C(/N)C(=O)NC)Oc1ccc2nc(Nc3cccc(CSC(F)(F)F)c3)[nH]c2c1. The van der Waals surface area contributed by atoms with Crippen molar-refractivity contribution in [3.63, 3.8) is 0 Å². The predicted molar refractivity (Wildman–Crippen MR) is 128 cm³/mol. The molecule has 1 heterocycles. The fraction of sp³-hybridized carbons (Fsp3) is 0.130. The minimum absolute atomic E-state index is 0.0273. The number of aromatic amines is 1. The molecule has 0 spiro atoms. The molecule has 0 unspecified atom stereocenters. The van der Waals surface area contributed by atoms with Gasteiger partial charge >= 0.3 is 5.51 Å². The number of carbonyl (C=O) groups excluding carboxylic acids is 1. The molecule has 0 saturated heterocycles. The first-order valence-corrected chi connectivity index (χ1v) is 10.9. The maximum Gasteiger partial charge on any atom is 0.442 e. The molecular formula is C23H22F3N5O2S. The number of imidazole rings is 1. The first kappa shape index (κ1) is 24.8. The smallest absolute Gasteiger partial charge is 0.442 e. The van der Waals surface area contributed by atoms with E-state index in [-0.39, 0.29) is 23.2 Å². The van der Waals surface area contributed by atoms with Gasteiger partial charge < -0.3 is 26.1 Å². The third kappa shape index (κ3) is 7.07. The Bertz CT molecular complexity index is 1250. The molecule has 3 rings (SSSR count). The minimum atomic E-state index is -4.29. The quantitative estimate of drug-likeness (QED) is 0.189. The molecular weight excluding hydrogens is 467 g/mol. The zero-order valence-electron chi connectivity index (χ0n) is 18.1. The Labute approximate surface area is 198 Å². The third-order valence-electron chi connectivity index (χ3n) is 4.35. The Kier molecular flexibility index (Phi) is 7.90. The van der Waals surface area contributed by atoms with Gasteiger partial charge in [0.2, 0.25) is 5.95 Å². The number of ether oxygens (including phenoxy) is 1. The van der Waals surface area contributed by atoms with E-state index < -0.39 is 11.4 Å². The van der Waals surface area contributed by atoms with Gasteiger partial charge in [-0.15, -0.1) is 0 Å². The van der Waals surface area contributed by atoms with Gasteiger partial charge in [0.15, 0.2) is 0 Å². The average Bonchev–Trinajstić information content (AvgIpc) is 3.18. The largest absolute Gasteiger partial charge is 0.457 e. The Balaban J connectivity index is 1.76. The molecule has 34 heavy (non-hydrogen) atoms. The second-order valence-electron chi connectivity index (χ2n) is 6.91. The van der Waals surface area contributed by atoms with Crippen LogP contribution in [-0.4, -0.2) is 28.4 Å². The van der Waals surface area contributed by atoms with Crippen molar-refractivity contribution in [3.8, 4) is 5.75 Å². The second kappa shape index (κ2) is 10.8. The highest BCUT2D eigenvalue weighted by Crippen LogP contribution is 2.33. The van der Waals surface area contributed by atoms with Crippen LogP contribution in [0.25, 0.3) is 11.0 Å². The maximum atomic E-state index is 12.5. The second-order valence-corrected chi connectivity index (χ2v) is 7.95. The van der Waals surface area contributed by atoms with Gasteiger partial charge in [0, 0.05) is 30.6 Å². The molecule has 0 atom stereocenters. The number of rotatable bonds is 9. The van der Waals surface area contributed by atoms with Gasteiger partial charge in [-0.25, -0.2) is 4.98 Å². The third-order valence-corrected chi connectivity index (χ3v) is 5.16. The van der Waals surface area contributed by atoms with Crippen LogP contribution in [0, 0.1) is 0 Å². The fourth-order valence-corrected chi connectivity index (χ4v) is 3.39. The molecule has 0 aliphatic rings. The van der Waals surface area contributed by atoms with Crippen molar-refractivity contribution < 1.29 is 22.7 Å². The van der Waals surface area contributed by atoms with Crippen LogP contribution >= 0.6 is 11.8 Å². The Morgan fingerprint density at radius 3 is 2.79 bits per heavy atom. The van der Waals surface area contributed by atoms with Crippen LogP contribution < -0.4 is 21.1 Å². The summed E-state index contributed by atoms with van der Waals surface area (Å²) in [4.78, 5) is 19.2. The fourth-order valence-electron chi connectivity index (χ4n) is 2.88. The van der Waals surface area contributed by atoms with E-state index in [1.165, 1.54) is 19.2 Å². The molecule has 0 aliphatic heterocycles. The number of anilines is 2. The van der Waals surface area contributed by atoms with Gasteiger partial charge in [-0.3, -0.25) is 4.79 Å². The number of likely N-dealkylation sites (N-methyl/N-ethyl adjacent to an activating group) is 1. The van der Waals surface area contributed by atoms with Crippen LogP contribution in [0.1, 0.15) is 5.56 Å². The molecule has 3 aromatic rings. The van der Waals surface area contributed by atoms with Crippen LogP contribution in [-0.2, 0) is 10.5 Å². The highest BCUT2D eigenvalue weighted by Gasteiger charge is 2.27. The standard InChI is InChI=1S/C23H22F3N5O2S/c1-3-5-16(11-18(27)21(32)28-2)33-17-8-9-19-20(12-17)31-22(30-19)29-15-7-4-6-14(10-15)13-34-23(24,25)26/h3-12H,1,13,27H2,2H3,(H,28,32)(H2,29,30,31)/b16-5+,18-11-. The lowest BCUT2D eigenvalue weighted by Crippen LogP contribution is -2.25. The van der Waals surface area contributed by atoms with Crippen LogP contribution in [0.15, 0.2) is 78.7 Å². The monoisotopic (exact) mass is 489 g/mol. The molecule has 1 amide bonds. The number of H-pyrrole nitrogens is 1. The molecule has 11 heteroatoms. The molecule has 1 aromatic heterocycles. The summed E-state index contributed by atoms with van der Waals surface area (Å²) in [6, 6.07) is 11.8. The molecule has 0 bridgehead atoms. The van der Waals surface area contributed by atoms with E-state index in [2.05, 4.69) is 27.2 Å². The maximum absolute atomic E-state index is 12.5. The average molecular weight is 490 g/mol. The van der Waals surface area contributed by atoms with Gasteiger partial charge in [-0.1, -0.05) is 24.8 Å². The van der Waals surface area contributed by atoms with Crippen LogP contribution in [0.3, 0.4) is 0 Å². The summed E-state index contributed by atoms with van der Waals surface area (Å²) in [5.41, 5.74) is 3.87. The number of nitrogens with zero attached hydrogens (tertiary/aromatic N) is 1. The molecule has 5 N–H and O–H groups in total. The number of hydrogen-bond donors (Lipinski definition) is 4. The lowest BCUT2D eigenvalue weighted by molar-refractivity contribution is -0.117. The number of amides is 1. The number of allylic oxidation sites excluding steroid dienone is 3. The number of alkyl halides is 3. The molecule has 2 aromatic carbocycles. The molecule has 0 fully saturated rings. The van der Waals surface area contributed by atoms with Crippen molar-refractivity contribution in [2.75, 3.05) is 12.4 Å². The number of thioether (sulfide) groups is 1. The van der Waals surface area contributed by atoms with Crippen molar-refractivity contribution in [2.45, 2.75) is 11.3 Å². The van der Waals surface area contributed by atoms with E-state index in [0.717, 1.165) is 0 Å². The van der Waals surface area contributed by atoms with Crippen molar-refractivity contribution >= 4 is 40.3 Å². The molecule has 7 nitrogen and oxygen atoms in total. The van der Waals surface area contributed by atoms with Crippen molar-refractivity contribution in [3.05, 3.63) is 84.3 Å². The lowest BCUT2D eigenvalue weighted by atomic mass is 10.2. The normalized spacial score (nSPS) is 12.5. The van der Waals surface area contributed by atoms with Gasteiger partial charge in [0.1, 0.15) is 17.2 Å². The van der Waals surface area contributed by atoms with E-state index in [4.69, 9.17) is 10.5 Å². The number of aromatic nitrogens is 2. The molecule has 178 valence electrons. The van der Waals surface area contributed by atoms with Gasteiger partial charge in [0.05, 0.1) is 11.0 Å². The number of hydrogen-bond acceptors (Lipinski definition) is 6.